The Morgan fingerprint density at radius 1 is 1.13 bits per heavy atom. The van der Waals surface area contributed by atoms with Crippen LogP contribution in [0, 0.1) is 17.2 Å². The van der Waals surface area contributed by atoms with Crippen LogP contribution in [-0.4, -0.2) is 49.1 Å². The molecule has 86 valence electrons. The van der Waals surface area contributed by atoms with E-state index in [0.717, 1.165) is 32.1 Å². The number of nitriles is 1. The largest absolute Gasteiger partial charge is 0.301 e. The van der Waals surface area contributed by atoms with E-state index in [1.807, 2.05) is 0 Å². The molecule has 0 bridgehead atoms. The minimum atomic E-state index is 0.597. The molecule has 1 heterocycles. The average Bonchev–Trinajstić information content (AvgIpc) is 2.20. The third-order valence-electron chi connectivity index (χ3n) is 3.02. The van der Waals surface area contributed by atoms with Gasteiger partial charge in [0.15, 0.2) is 0 Å². The van der Waals surface area contributed by atoms with Crippen molar-refractivity contribution in [2.45, 2.75) is 26.7 Å². The summed E-state index contributed by atoms with van der Waals surface area (Å²) in [4.78, 5) is 4.76. The van der Waals surface area contributed by atoms with Crippen LogP contribution >= 0.6 is 0 Å². The molecular formula is C12H23N3. The average molecular weight is 209 g/mol. The molecule has 1 aliphatic heterocycles. The molecule has 0 amide bonds. The molecule has 0 aliphatic carbocycles. The van der Waals surface area contributed by atoms with Crippen LogP contribution in [-0.2, 0) is 0 Å². The summed E-state index contributed by atoms with van der Waals surface area (Å²) in [6.45, 7) is 10.8. The van der Waals surface area contributed by atoms with Gasteiger partial charge in [-0.3, -0.25) is 4.90 Å². The van der Waals surface area contributed by atoms with Gasteiger partial charge in [-0.2, -0.15) is 5.26 Å². The fraction of sp³-hybridized carbons (Fsp3) is 0.917. The van der Waals surface area contributed by atoms with E-state index in [1.54, 1.807) is 0 Å². The molecule has 15 heavy (non-hydrogen) atoms. The number of nitrogens with zero attached hydrogens (tertiary/aromatic N) is 3. The number of piperazine rings is 1. The Morgan fingerprint density at radius 3 is 2.27 bits per heavy atom. The third-order valence-corrected chi connectivity index (χ3v) is 3.02. The maximum atomic E-state index is 8.58. The molecule has 0 spiro atoms. The van der Waals surface area contributed by atoms with Gasteiger partial charge in [0.1, 0.15) is 0 Å². The summed E-state index contributed by atoms with van der Waals surface area (Å²) in [5, 5.41) is 8.58. The monoisotopic (exact) mass is 209 g/mol. The topological polar surface area (TPSA) is 30.3 Å². The summed E-state index contributed by atoms with van der Waals surface area (Å²) in [6.07, 6.45) is 2.65. The SMILES string of the molecule is CC(C)CCCN1CCN(CC#N)CC1. The Morgan fingerprint density at radius 2 is 1.73 bits per heavy atom. The van der Waals surface area contributed by atoms with Gasteiger partial charge in [0.2, 0.25) is 0 Å². The maximum absolute atomic E-state index is 8.58. The molecule has 0 N–H and O–H groups in total. The van der Waals surface area contributed by atoms with Gasteiger partial charge < -0.3 is 4.90 Å². The minimum Gasteiger partial charge on any atom is -0.301 e. The second-order valence-electron chi connectivity index (χ2n) is 4.81. The van der Waals surface area contributed by atoms with E-state index >= 15 is 0 Å². The first-order chi connectivity index (χ1) is 7.22. The molecule has 0 radical (unpaired) electrons. The third kappa shape index (κ3) is 5.15. The quantitative estimate of drug-likeness (QED) is 0.644. The Balaban J connectivity index is 2.07. The summed E-state index contributed by atoms with van der Waals surface area (Å²) < 4.78 is 0. The summed E-state index contributed by atoms with van der Waals surface area (Å²) in [5.74, 6) is 0.824. The lowest BCUT2D eigenvalue weighted by atomic mass is 10.1. The van der Waals surface area contributed by atoms with E-state index in [0.29, 0.717) is 6.54 Å². The zero-order chi connectivity index (χ0) is 11.1. The van der Waals surface area contributed by atoms with Crippen LogP contribution in [0.15, 0.2) is 0 Å². The van der Waals surface area contributed by atoms with Crippen molar-refractivity contribution >= 4 is 0 Å². The normalized spacial score (nSPS) is 19.3. The molecule has 0 aromatic heterocycles. The van der Waals surface area contributed by atoms with E-state index < -0.39 is 0 Å². The molecule has 0 atom stereocenters. The molecule has 1 rings (SSSR count). The van der Waals surface area contributed by atoms with Crippen LogP contribution in [0.3, 0.4) is 0 Å². The number of rotatable bonds is 5. The van der Waals surface area contributed by atoms with E-state index in [9.17, 15) is 0 Å². The lowest BCUT2D eigenvalue weighted by Crippen LogP contribution is -2.46. The summed E-state index contributed by atoms with van der Waals surface area (Å²) in [7, 11) is 0. The molecule has 0 unspecified atom stereocenters. The molecule has 1 fully saturated rings. The van der Waals surface area contributed by atoms with Crippen molar-refractivity contribution in [2.75, 3.05) is 39.3 Å². The van der Waals surface area contributed by atoms with Crippen LogP contribution in [0.1, 0.15) is 26.7 Å². The molecule has 3 nitrogen and oxygen atoms in total. The second-order valence-corrected chi connectivity index (χ2v) is 4.81. The van der Waals surface area contributed by atoms with Crippen LogP contribution in [0.25, 0.3) is 0 Å². The lowest BCUT2D eigenvalue weighted by Gasteiger charge is -2.33. The van der Waals surface area contributed by atoms with Crippen molar-refractivity contribution in [2.24, 2.45) is 5.92 Å². The molecule has 3 heteroatoms. The fourth-order valence-electron chi connectivity index (χ4n) is 1.99. The molecule has 0 aromatic carbocycles. The van der Waals surface area contributed by atoms with Crippen LogP contribution in [0.2, 0.25) is 0 Å². The highest BCUT2D eigenvalue weighted by molar-refractivity contribution is 4.80. The van der Waals surface area contributed by atoms with Crippen molar-refractivity contribution < 1.29 is 0 Å². The second kappa shape index (κ2) is 6.81. The zero-order valence-electron chi connectivity index (χ0n) is 10.1. The van der Waals surface area contributed by atoms with Crippen LogP contribution in [0.4, 0.5) is 0 Å². The standard InChI is InChI=1S/C12H23N3/c1-12(2)4-3-6-14-8-10-15(7-5-13)11-9-14/h12H,3-4,6-11H2,1-2H3. The molecule has 1 aliphatic rings. The smallest absolute Gasteiger partial charge is 0.0866 e. The van der Waals surface area contributed by atoms with Crippen molar-refractivity contribution in [1.29, 1.82) is 5.26 Å². The molecule has 0 aromatic rings. The Labute approximate surface area is 93.7 Å². The molecular weight excluding hydrogens is 186 g/mol. The van der Waals surface area contributed by atoms with E-state index in [4.69, 9.17) is 5.26 Å². The Kier molecular flexibility index (Phi) is 5.67. The van der Waals surface area contributed by atoms with Crippen molar-refractivity contribution in [1.82, 2.24) is 9.80 Å². The van der Waals surface area contributed by atoms with Gasteiger partial charge in [-0.05, 0) is 25.3 Å². The van der Waals surface area contributed by atoms with Gasteiger partial charge in [0.25, 0.3) is 0 Å². The van der Waals surface area contributed by atoms with Gasteiger partial charge in [-0.15, -0.1) is 0 Å². The molecule has 1 saturated heterocycles. The van der Waals surface area contributed by atoms with Gasteiger partial charge in [0.05, 0.1) is 12.6 Å². The summed E-state index contributed by atoms with van der Waals surface area (Å²) in [5.41, 5.74) is 0. The minimum absolute atomic E-state index is 0.597. The first kappa shape index (κ1) is 12.5. The summed E-state index contributed by atoms with van der Waals surface area (Å²) in [6, 6.07) is 2.22. The van der Waals surface area contributed by atoms with Gasteiger partial charge >= 0.3 is 0 Å². The highest BCUT2D eigenvalue weighted by Gasteiger charge is 2.15. The Bertz CT molecular complexity index is 199. The lowest BCUT2D eigenvalue weighted by molar-refractivity contribution is 0.141. The number of hydrogen-bond donors (Lipinski definition) is 0. The maximum Gasteiger partial charge on any atom is 0.0866 e. The van der Waals surface area contributed by atoms with E-state index in [-0.39, 0.29) is 0 Å². The van der Waals surface area contributed by atoms with Gasteiger partial charge in [-0.1, -0.05) is 13.8 Å². The van der Waals surface area contributed by atoms with Crippen LogP contribution in [0.5, 0.6) is 0 Å². The van der Waals surface area contributed by atoms with Crippen molar-refractivity contribution in [3.05, 3.63) is 0 Å². The fourth-order valence-corrected chi connectivity index (χ4v) is 1.99. The van der Waals surface area contributed by atoms with Crippen LogP contribution < -0.4 is 0 Å². The van der Waals surface area contributed by atoms with Gasteiger partial charge in [0, 0.05) is 26.2 Å². The highest BCUT2D eigenvalue weighted by Crippen LogP contribution is 2.07. The number of hydrogen-bond acceptors (Lipinski definition) is 3. The summed E-state index contributed by atoms with van der Waals surface area (Å²) >= 11 is 0. The highest BCUT2D eigenvalue weighted by atomic mass is 15.3. The zero-order valence-corrected chi connectivity index (χ0v) is 10.1. The van der Waals surface area contributed by atoms with E-state index in [2.05, 4.69) is 29.7 Å². The first-order valence-electron chi connectivity index (χ1n) is 6.04. The molecule has 0 saturated carbocycles. The van der Waals surface area contributed by atoms with Crippen molar-refractivity contribution in [3.63, 3.8) is 0 Å². The first-order valence-corrected chi connectivity index (χ1v) is 6.04. The van der Waals surface area contributed by atoms with Crippen molar-refractivity contribution in [3.8, 4) is 6.07 Å². The Hall–Kier alpha value is -0.590. The van der Waals surface area contributed by atoms with Gasteiger partial charge in [-0.25, -0.2) is 0 Å². The predicted octanol–water partition coefficient (Wildman–Crippen LogP) is 1.56. The predicted molar refractivity (Wildman–Crippen MR) is 62.6 cm³/mol. The van der Waals surface area contributed by atoms with E-state index in [1.165, 1.54) is 19.4 Å².